The molecule has 33 heavy (non-hydrogen) atoms. The number of benzene rings is 2. The van der Waals surface area contributed by atoms with Gasteiger partial charge in [0, 0.05) is 31.7 Å². The summed E-state index contributed by atoms with van der Waals surface area (Å²) in [7, 11) is 0. The maximum absolute atomic E-state index is 13.1. The van der Waals surface area contributed by atoms with E-state index < -0.39 is 17.9 Å². The molecular formula is C25H23N5O3. The highest BCUT2D eigenvalue weighted by atomic mass is 16.2. The first-order valence-electron chi connectivity index (χ1n) is 10.9. The van der Waals surface area contributed by atoms with Crippen LogP contribution in [0.25, 0.3) is 11.3 Å². The van der Waals surface area contributed by atoms with E-state index in [1.165, 1.54) is 0 Å². The zero-order valence-electron chi connectivity index (χ0n) is 18.2. The Morgan fingerprint density at radius 2 is 1.39 bits per heavy atom. The molecule has 0 saturated carbocycles. The molecule has 0 aliphatic carbocycles. The molecule has 1 aromatic heterocycles. The van der Waals surface area contributed by atoms with Gasteiger partial charge in [-0.1, -0.05) is 42.5 Å². The van der Waals surface area contributed by atoms with Crippen molar-refractivity contribution in [1.82, 2.24) is 20.0 Å². The minimum Gasteiger partial charge on any atom is -0.352 e. The predicted molar refractivity (Wildman–Crippen MR) is 123 cm³/mol. The molecule has 0 bridgehead atoms. The quantitative estimate of drug-likeness (QED) is 0.578. The van der Waals surface area contributed by atoms with E-state index in [1.54, 1.807) is 36.1 Å². The number of nitrogens with zero attached hydrogens (tertiary/aromatic N) is 5. The van der Waals surface area contributed by atoms with Crippen LogP contribution in [0.1, 0.15) is 27.6 Å². The van der Waals surface area contributed by atoms with Crippen LogP contribution in [0, 0.1) is 0 Å². The Morgan fingerprint density at radius 3 is 1.97 bits per heavy atom. The smallest absolute Gasteiger partial charge is 0.262 e. The molecule has 2 aromatic carbocycles. The van der Waals surface area contributed by atoms with Crippen molar-refractivity contribution in [3.63, 3.8) is 0 Å². The Bertz CT molecular complexity index is 1170. The second-order valence-corrected chi connectivity index (χ2v) is 8.16. The fourth-order valence-corrected chi connectivity index (χ4v) is 4.35. The highest BCUT2D eigenvalue weighted by Crippen LogP contribution is 2.25. The largest absolute Gasteiger partial charge is 0.352 e. The monoisotopic (exact) mass is 441 g/mol. The van der Waals surface area contributed by atoms with Crippen molar-refractivity contribution in [2.75, 3.05) is 31.1 Å². The second-order valence-electron chi connectivity index (χ2n) is 8.16. The fourth-order valence-electron chi connectivity index (χ4n) is 4.35. The van der Waals surface area contributed by atoms with Crippen LogP contribution in [-0.2, 0) is 4.79 Å². The summed E-state index contributed by atoms with van der Waals surface area (Å²) in [6.07, 6.45) is 0. The number of imide groups is 1. The third-order valence-corrected chi connectivity index (χ3v) is 6.21. The summed E-state index contributed by atoms with van der Waals surface area (Å²) in [5.41, 5.74) is 2.52. The summed E-state index contributed by atoms with van der Waals surface area (Å²) < 4.78 is 0. The first kappa shape index (κ1) is 20.8. The highest BCUT2D eigenvalue weighted by molar-refractivity contribution is 6.22. The Kier molecular flexibility index (Phi) is 5.34. The van der Waals surface area contributed by atoms with Gasteiger partial charge in [0.05, 0.1) is 16.8 Å². The summed E-state index contributed by atoms with van der Waals surface area (Å²) >= 11 is 0. The van der Waals surface area contributed by atoms with Crippen molar-refractivity contribution >= 4 is 23.5 Å². The number of aromatic nitrogens is 2. The van der Waals surface area contributed by atoms with Crippen molar-refractivity contribution in [1.29, 1.82) is 0 Å². The summed E-state index contributed by atoms with van der Waals surface area (Å²) in [6.45, 7) is 3.77. The minimum absolute atomic E-state index is 0.227. The average Bonchev–Trinajstić information content (AvgIpc) is 3.14. The van der Waals surface area contributed by atoms with E-state index in [9.17, 15) is 14.4 Å². The van der Waals surface area contributed by atoms with E-state index in [2.05, 4.69) is 15.1 Å². The lowest BCUT2D eigenvalue weighted by atomic mass is 10.1. The predicted octanol–water partition coefficient (Wildman–Crippen LogP) is 2.48. The molecule has 3 amide bonds. The van der Waals surface area contributed by atoms with Gasteiger partial charge in [-0.25, -0.2) is 0 Å². The van der Waals surface area contributed by atoms with E-state index in [0.29, 0.717) is 37.3 Å². The van der Waals surface area contributed by atoms with Gasteiger partial charge >= 0.3 is 0 Å². The van der Waals surface area contributed by atoms with E-state index in [4.69, 9.17) is 0 Å². The van der Waals surface area contributed by atoms with Crippen molar-refractivity contribution in [3.05, 3.63) is 77.9 Å². The highest BCUT2D eigenvalue weighted by Gasteiger charge is 2.42. The molecule has 1 unspecified atom stereocenters. The topological polar surface area (TPSA) is 86.7 Å². The molecule has 3 aromatic rings. The Labute approximate surface area is 191 Å². The van der Waals surface area contributed by atoms with Crippen molar-refractivity contribution in [2.24, 2.45) is 0 Å². The molecule has 8 heteroatoms. The number of amides is 3. The zero-order chi connectivity index (χ0) is 22.9. The summed E-state index contributed by atoms with van der Waals surface area (Å²) in [5, 5.41) is 8.71. The van der Waals surface area contributed by atoms with Gasteiger partial charge in [-0.2, -0.15) is 0 Å². The van der Waals surface area contributed by atoms with Gasteiger partial charge in [-0.15, -0.1) is 10.2 Å². The maximum Gasteiger partial charge on any atom is 0.262 e. The molecule has 2 aliphatic heterocycles. The molecule has 166 valence electrons. The number of rotatable bonds is 4. The van der Waals surface area contributed by atoms with Gasteiger partial charge < -0.3 is 9.80 Å². The molecule has 5 rings (SSSR count). The van der Waals surface area contributed by atoms with Crippen molar-refractivity contribution in [3.8, 4) is 11.3 Å². The third-order valence-electron chi connectivity index (χ3n) is 6.21. The second kappa shape index (κ2) is 8.46. The fraction of sp³-hybridized carbons (Fsp3) is 0.240. The minimum atomic E-state index is -0.853. The lowest BCUT2D eigenvalue weighted by Crippen LogP contribution is -2.55. The van der Waals surface area contributed by atoms with Gasteiger partial charge in [-0.05, 0) is 31.2 Å². The van der Waals surface area contributed by atoms with Crippen LogP contribution in [0.5, 0.6) is 0 Å². The standard InChI is InChI=1S/C25H23N5O3/c1-17(30-24(32)19-9-5-6-10-20(19)25(30)33)23(31)29-15-13-28(14-16-29)22-12-11-21(26-27-22)18-7-3-2-4-8-18/h2-12,17H,13-16H2,1H3. The SMILES string of the molecule is CC(C(=O)N1CCN(c2ccc(-c3ccccc3)nn2)CC1)N1C(=O)c2ccccc2C1=O. The number of hydrogen-bond donors (Lipinski definition) is 0. The number of carbonyl (C=O) groups is 3. The number of anilines is 1. The molecule has 1 atom stereocenters. The average molecular weight is 441 g/mol. The third kappa shape index (κ3) is 3.73. The summed E-state index contributed by atoms with van der Waals surface area (Å²) in [5.74, 6) is -0.294. The van der Waals surface area contributed by atoms with E-state index >= 15 is 0 Å². The van der Waals surface area contributed by atoms with Crippen LogP contribution in [0.15, 0.2) is 66.7 Å². The molecule has 3 heterocycles. The van der Waals surface area contributed by atoms with Crippen LogP contribution in [0.4, 0.5) is 5.82 Å². The lowest BCUT2D eigenvalue weighted by molar-refractivity contribution is -0.135. The van der Waals surface area contributed by atoms with Crippen LogP contribution in [-0.4, -0.2) is 69.9 Å². The Hall–Kier alpha value is -4.07. The van der Waals surface area contributed by atoms with Gasteiger partial charge in [0.15, 0.2) is 5.82 Å². The molecular weight excluding hydrogens is 418 g/mol. The van der Waals surface area contributed by atoms with Crippen LogP contribution in [0.3, 0.4) is 0 Å². The van der Waals surface area contributed by atoms with E-state index in [-0.39, 0.29) is 5.91 Å². The summed E-state index contributed by atoms with van der Waals surface area (Å²) in [4.78, 5) is 43.4. The van der Waals surface area contributed by atoms with Crippen LogP contribution in [0.2, 0.25) is 0 Å². The maximum atomic E-state index is 13.1. The summed E-state index contributed by atoms with van der Waals surface area (Å²) in [6, 6.07) is 19.6. The van der Waals surface area contributed by atoms with Crippen LogP contribution >= 0.6 is 0 Å². The number of fused-ring (bicyclic) bond motifs is 1. The zero-order valence-corrected chi connectivity index (χ0v) is 18.2. The van der Waals surface area contributed by atoms with E-state index in [1.807, 2.05) is 42.5 Å². The molecule has 8 nitrogen and oxygen atoms in total. The molecule has 2 aliphatic rings. The molecule has 0 N–H and O–H groups in total. The molecule has 0 spiro atoms. The van der Waals surface area contributed by atoms with Gasteiger partial charge in [-0.3, -0.25) is 19.3 Å². The molecule has 1 saturated heterocycles. The van der Waals surface area contributed by atoms with Crippen molar-refractivity contribution < 1.29 is 14.4 Å². The molecule has 0 radical (unpaired) electrons. The number of carbonyl (C=O) groups excluding carboxylic acids is 3. The molecule has 1 fully saturated rings. The van der Waals surface area contributed by atoms with Crippen molar-refractivity contribution in [2.45, 2.75) is 13.0 Å². The first-order valence-corrected chi connectivity index (χ1v) is 10.9. The normalized spacial score (nSPS) is 16.7. The van der Waals surface area contributed by atoms with Crippen LogP contribution < -0.4 is 4.90 Å². The van der Waals surface area contributed by atoms with Gasteiger partial charge in [0.25, 0.3) is 11.8 Å². The number of piperazine rings is 1. The number of hydrogen-bond acceptors (Lipinski definition) is 6. The van der Waals surface area contributed by atoms with E-state index in [0.717, 1.165) is 22.0 Å². The van der Waals surface area contributed by atoms with Gasteiger partial charge in [0.1, 0.15) is 6.04 Å². The Balaban J connectivity index is 1.22. The first-order chi connectivity index (χ1) is 16.0. The van der Waals surface area contributed by atoms with Gasteiger partial charge in [0.2, 0.25) is 5.91 Å². The lowest BCUT2D eigenvalue weighted by Gasteiger charge is -2.37. The Morgan fingerprint density at radius 1 is 0.788 bits per heavy atom.